The Kier molecular flexibility index (Phi) is 4.79. The second-order valence-corrected chi connectivity index (χ2v) is 4.82. The highest BCUT2D eigenvalue weighted by molar-refractivity contribution is 5.93. The lowest BCUT2D eigenvalue weighted by molar-refractivity contribution is -0.118. The average Bonchev–Trinajstić information content (AvgIpc) is 2.89. The summed E-state index contributed by atoms with van der Waals surface area (Å²) in [7, 11) is 0. The Morgan fingerprint density at radius 3 is 2.70 bits per heavy atom. The maximum Gasteiger partial charge on any atom is 0.358 e. The molecule has 2 aromatic rings. The van der Waals surface area contributed by atoms with Crippen molar-refractivity contribution < 1.29 is 19.4 Å². The number of carbonyl (C=O) groups is 2. The first-order chi connectivity index (χ1) is 10.9. The van der Waals surface area contributed by atoms with Crippen LogP contribution in [0.3, 0.4) is 0 Å². The van der Waals surface area contributed by atoms with Gasteiger partial charge in [-0.2, -0.15) is 0 Å². The molecule has 1 aromatic carbocycles. The van der Waals surface area contributed by atoms with Crippen LogP contribution < -0.4 is 16.2 Å². The van der Waals surface area contributed by atoms with E-state index in [1.807, 2.05) is 6.92 Å². The molecule has 2 rings (SSSR count). The van der Waals surface area contributed by atoms with Gasteiger partial charge in [0.25, 0.3) is 0 Å². The van der Waals surface area contributed by atoms with Crippen molar-refractivity contribution in [2.24, 2.45) is 5.73 Å². The van der Waals surface area contributed by atoms with Gasteiger partial charge in [0.15, 0.2) is 5.69 Å². The SMILES string of the molecule is CCCOc1ccc(-c2c(C(=O)O)nnn2CC(N)=O)cc1N. The van der Waals surface area contributed by atoms with Gasteiger partial charge in [0, 0.05) is 5.56 Å². The van der Waals surface area contributed by atoms with Crippen LogP contribution in [0.2, 0.25) is 0 Å². The molecule has 0 unspecified atom stereocenters. The Bertz CT molecular complexity index is 741. The smallest absolute Gasteiger partial charge is 0.358 e. The molecule has 9 nitrogen and oxygen atoms in total. The Balaban J connectivity index is 2.47. The van der Waals surface area contributed by atoms with Crippen LogP contribution >= 0.6 is 0 Å². The fourth-order valence-electron chi connectivity index (χ4n) is 2.04. The van der Waals surface area contributed by atoms with E-state index in [1.54, 1.807) is 18.2 Å². The van der Waals surface area contributed by atoms with Crippen LogP contribution in [0, 0.1) is 0 Å². The summed E-state index contributed by atoms with van der Waals surface area (Å²) in [6.07, 6.45) is 0.833. The standard InChI is InChI=1S/C14H17N5O4/c1-2-5-23-10-4-3-8(6-9(10)15)13-12(14(21)22)17-18-19(13)7-11(16)20/h3-4,6H,2,5,7,15H2,1H3,(H2,16,20)(H,21,22). The van der Waals surface area contributed by atoms with E-state index < -0.39 is 11.9 Å². The van der Waals surface area contributed by atoms with Crippen molar-refractivity contribution in [2.75, 3.05) is 12.3 Å². The minimum atomic E-state index is -1.26. The van der Waals surface area contributed by atoms with E-state index in [0.29, 0.717) is 23.6 Å². The van der Waals surface area contributed by atoms with Gasteiger partial charge in [-0.1, -0.05) is 12.1 Å². The highest BCUT2D eigenvalue weighted by Gasteiger charge is 2.22. The molecule has 0 saturated heterocycles. The summed E-state index contributed by atoms with van der Waals surface area (Å²) < 4.78 is 6.61. The molecule has 0 saturated carbocycles. The molecule has 1 amide bonds. The summed E-state index contributed by atoms with van der Waals surface area (Å²) in [6, 6.07) is 4.81. The van der Waals surface area contributed by atoms with Crippen molar-refractivity contribution in [3.8, 4) is 17.0 Å². The molecular formula is C14H17N5O4. The van der Waals surface area contributed by atoms with E-state index in [1.165, 1.54) is 0 Å². The maximum absolute atomic E-state index is 11.3. The van der Waals surface area contributed by atoms with Crippen LogP contribution in [-0.4, -0.2) is 38.6 Å². The van der Waals surface area contributed by atoms with Crippen molar-refractivity contribution >= 4 is 17.6 Å². The number of ether oxygens (including phenoxy) is 1. The van der Waals surface area contributed by atoms with Gasteiger partial charge in [0.05, 0.1) is 12.3 Å². The van der Waals surface area contributed by atoms with Gasteiger partial charge < -0.3 is 21.3 Å². The molecule has 9 heteroatoms. The third-order valence-electron chi connectivity index (χ3n) is 2.99. The second kappa shape index (κ2) is 6.77. The monoisotopic (exact) mass is 319 g/mol. The normalized spacial score (nSPS) is 10.5. The fraction of sp³-hybridized carbons (Fsp3) is 0.286. The summed E-state index contributed by atoms with van der Waals surface area (Å²) in [5.41, 5.74) is 11.8. The zero-order chi connectivity index (χ0) is 17.0. The summed E-state index contributed by atoms with van der Waals surface area (Å²) >= 11 is 0. The first kappa shape index (κ1) is 16.3. The molecule has 23 heavy (non-hydrogen) atoms. The molecule has 5 N–H and O–H groups in total. The molecular weight excluding hydrogens is 302 g/mol. The van der Waals surface area contributed by atoms with E-state index in [4.69, 9.17) is 16.2 Å². The van der Waals surface area contributed by atoms with Crippen LogP contribution in [-0.2, 0) is 11.3 Å². The summed E-state index contributed by atoms with van der Waals surface area (Å²) in [4.78, 5) is 22.4. The molecule has 0 radical (unpaired) electrons. The number of primary amides is 1. The molecule has 0 atom stereocenters. The van der Waals surface area contributed by atoms with Gasteiger partial charge >= 0.3 is 5.97 Å². The van der Waals surface area contributed by atoms with E-state index in [-0.39, 0.29) is 17.9 Å². The van der Waals surface area contributed by atoms with Crippen molar-refractivity contribution in [3.05, 3.63) is 23.9 Å². The van der Waals surface area contributed by atoms with Crippen LogP contribution in [0.1, 0.15) is 23.8 Å². The van der Waals surface area contributed by atoms with E-state index >= 15 is 0 Å². The van der Waals surface area contributed by atoms with Crippen molar-refractivity contribution in [1.82, 2.24) is 15.0 Å². The summed E-state index contributed by atoms with van der Waals surface area (Å²) in [5.74, 6) is -1.43. The minimum Gasteiger partial charge on any atom is -0.491 e. The predicted octanol–water partition coefficient (Wildman–Crippen LogP) is 0.500. The molecule has 0 aliphatic heterocycles. The molecule has 1 heterocycles. The highest BCUT2D eigenvalue weighted by atomic mass is 16.5. The number of benzene rings is 1. The van der Waals surface area contributed by atoms with Gasteiger partial charge in [0.2, 0.25) is 5.91 Å². The molecule has 1 aromatic heterocycles. The zero-order valence-electron chi connectivity index (χ0n) is 12.5. The predicted molar refractivity (Wildman–Crippen MR) is 81.8 cm³/mol. The molecule has 0 aliphatic carbocycles. The third-order valence-corrected chi connectivity index (χ3v) is 2.99. The molecule has 0 bridgehead atoms. The number of hydrogen-bond donors (Lipinski definition) is 3. The lowest BCUT2D eigenvalue weighted by Gasteiger charge is -2.11. The third kappa shape index (κ3) is 3.57. The summed E-state index contributed by atoms with van der Waals surface area (Å²) in [6.45, 7) is 2.20. The number of nitrogens with two attached hydrogens (primary N) is 2. The van der Waals surface area contributed by atoms with Gasteiger partial charge in [-0.3, -0.25) is 4.79 Å². The maximum atomic E-state index is 11.3. The molecule has 0 fully saturated rings. The lowest BCUT2D eigenvalue weighted by atomic mass is 10.1. The number of aromatic carboxylic acids is 1. The van der Waals surface area contributed by atoms with Crippen molar-refractivity contribution in [1.29, 1.82) is 0 Å². The summed E-state index contributed by atoms with van der Waals surface area (Å²) in [5, 5.41) is 16.5. The van der Waals surface area contributed by atoms with Gasteiger partial charge in [-0.15, -0.1) is 5.10 Å². The lowest BCUT2D eigenvalue weighted by Crippen LogP contribution is -2.20. The highest BCUT2D eigenvalue weighted by Crippen LogP contribution is 2.30. The van der Waals surface area contributed by atoms with Crippen LogP contribution in [0.5, 0.6) is 5.75 Å². The number of nitrogen functional groups attached to an aromatic ring is 1. The molecule has 0 spiro atoms. The van der Waals surface area contributed by atoms with E-state index in [2.05, 4.69) is 10.3 Å². The van der Waals surface area contributed by atoms with Crippen molar-refractivity contribution in [2.45, 2.75) is 19.9 Å². The Morgan fingerprint density at radius 1 is 1.39 bits per heavy atom. The van der Waals surface area contributed by atoms with Gasteiger partial charge in [0.1, 0.15) is 18.0 Å². The van der Waals surface area contributed by atoms with Gasteiger partial charge in [-0.05, 0) is 24.6 Å². The number of carboxylic acids is 1. The Labute approximate surface area is 131 Å². The molecule has 122 valence electrons. The van der Waals surface area contributed by atoms with E-state index in [0.717, 1.165) is 11.1 Å². The average molecular weight is 319 g/mol. The minimum absolute atomic E-state index is 0.157. The fourth-order valence-corrected chi connectivity index (χ4v) is 2.04. The molecule has 0 aliphatic rings. The van der Waals surface area contributed by atoms with E-state index in [9.17, 15) is 14.7 Å². The first-order valence-electron chi connectivity index (χ1n) is 6.91. The van der Waals surface area contributed by atoms with Crippen LogP contribution in [0.25, 0.3) is 11.3 Å². The quantitative estimate of drug-likeness (QED) is 0.629. The number of amides is 1. The Hall–Kier alpha value is -3.10. The number of rotatable bonds is 7. The van der Waals surface area contributed by atoms with Gasteiger partial charge in [-0.25, -0.2) is 9.48 Å². The number of carboxylic acid groups (broad SMARTS) is 1. The van der Waals surface area contributed by atoms with Crippen LogP contribution in [0.15, 0.2) is 18.2 Å². The number of carbonyl (C=O) groups excluding carboxylic acids is 1. The van der Waals surface area contributed by atoms with Crippen molar-refractivity contribution in [3.63, 3.8) is 0 Å². The second-order valence-electron chi connectivity index (χ2n) is 4.82. The number of nitrogens with zero attached hydrogens (tertiary/aromatic N) is 3. The number of aromatic nitrogens is 3. The van der Waals surface area contributed by atoms with Crippen LogP contribution in [0.4, 0.5) is 5.69 Å². The first-order valence-corrected chi connectivity index (χ1v) is 6.91. The Morgan fingerprint density at radius 2 is 2.13 bits per heavy atom. The topological polar surface area (TPSA) is 146 Å². The largest absolute Gasteiger partial charge is 0.491 e. The number of anilines is 1. The zero-order valence-corrected chi connectivity index (χ0v) is 12.5. The number of hydrogen-bond acceptors (Lipinski definition) is 6.